The van der Waals surface area contributed by atoms with Crippen LogP contribution in [0.5, 0.6) is 0 Å². The Morgan fingerprint density at radius 3 is 2.44 bits per heavy atom. The molecule has 2 aliphatic carbocycles. The van der Waals surface area contributed by atoms with Crippen LogP contribution in [0.25, 0.3) is 0 Å². The van der Waals surface area contributed by atoms with Crippen LogP contribution in [0.15, 0.2) is 30.3 Å². The van der Waals surface area contributed by atoms with Crippen LogP contribution in [0.2, 0.25) is 0 Å². The summed E-state index contributed by atoms with van der Waals surface area (Å²) in [5.74, 6) is 0.888. The van der Waals surface area contributed by atoms with Gasteiger partial charge in [0.15, 0.2) is 0 Å². The molecule has 1 N–H and O–H groups in total. The van der Waals surface area contributed by atoms with E-state index < -0.39 is 0 Å². The van der Waals surface area contributed by atoms with E-state index in [2.05, 4.69) is 61.5 Å². The van der Waals surface area contributed by atoms with Crippen LogP contribution in [0.4, 0.5) is 5.69 Å². The van der Waals surface area contributed by atoms with Crippen molar-refractivity contribution >= 4 is 5.69 Å². The van der Waals surface area contributed by atoms with Crippen LogP contribution >= 0.6 is 0 Å². The number of hydrazine groups is 1. The monoisotopic (exact) mass is 242 g/mol. The van der Waals surface area contributed by atoms with E-state index in [1.54, 1.807) is 0 Å². The van der Waals surface area contributed by atoms with Crippen molar-refractivity contribution in [3.05, 3.63) is 30.3 Å². The molecule has 96 valence electrons. The van der Waals surface area contributed by atoms with Gasteiger partial charge in [0, 0.05) is 11.5 Å². The molecule has 2 nitrogen and oxygen atoms in total. The Morgan fingerprint density at radius 1 is 1.11 bits per heavy atom. The van der Waals surface area contributed by atoms with Gasteiger partial charge in [-0.05, 0) is 36.3 Å². The van der Waals surface area contributed by atoms with E-state index in [-0.39, 0.29) is 0 Å². The van der Waals surface area contributed by atoms with Gasteiger partial charge < -0.3 is 5.01 Å². The summed E-state index contributed by atoms with van der Waals surface area (Å²) >= 11 is 0. The molecular formula is C16H22N2. The number of hydrogen-bond acceptors (Lipinski definition) is 2. The number of para-hydroxylation sites is 1. The maximum absolute atomic E-state index is 3.79. The molecule has 1 aromatic carbocycles. The molecule has 4 atom stereocenters. The SMILES string of the molecule is CC1(C)C2CC3NN(c4ccccc4)C(C2)C31C. The predicted molar refractivity (Wildman–Crippen MR) is 74.2 cm³/mol. The average molecular weight is 242 g/mol. The first-order valence-electron chi connectivity index (χ1n) is 7.15. The van der Waals surface area contributed by atoms with E-state index in [1.807, 2.05) is 0 Å². The highest BCUT2D eigenvalue weighted by molar-refractivity contribution is 5.50. The molecule has 18 heavy (non-hydrogen) atoms. The van der Waals surface area contributed by atoms with Crippen molar-refractivity contribution in [1.82, 2.24) is 5.43 Å². The fraction of sp³-hybridized carbons (Fsp3) is 0.625. The van der Waals surface area contributed by atoms with Gasteiger partial charge in [0.25, 0.3) is 0 Å². The molecule has 1 aromatic rings. The van der Waals surface area contributed by atoms with E-state index >= 15 is 0 Å². The zero-order valence-corrected chi connectivity index (χ0v) is 11.5. The molecule has 3 fully saturated rings. The van der Waals surface area contributed by atoms with Crippen LogP contribution in [0.3, 0.4) is 0 Å². The van der Waals surface area contributed by atoms with Crippen LogP contribution in [-0.4, -0.2) is 12.1 Å². The van der Waals surface area contributed by atoms with Crippen LogP contribution in [-0.2, 0) is 0 Å². The fourth-order valence-corrected chi connectivity index (χ4v) is 4.94. The van der Waals surface area contributed by atoms with E-state index in [1.165, 1.54) is 18.5 Å². The first kappa shape index (κ1) is 10.9. The van der Waals surface area contributed by atoms with Gasteiger partial charge in [-0.25, -0.2) is 5.43 Å². The second kappa shape index (κ2) is 3.11. The lowest BCUT2D eigenvalue weighted by atomic mass is 9.68. The molecule has 0 spiro atoms. The highest BCUT2D eigenvalue weighted by Gasteiger charge is 2.71. The standard InChI is InChI=1S/C16H22N2/c1-15(2)11-9-13-16(15,3)14(10-11)18(17-13)12-7-5-4-6-8-12/h4-8,11,13-14,17H,9-10H2,1-3H3. The fourth-order valence-electron chi connectivity index (χ4n) is 4.94. The quantitative estimate of drug-likeness (QED) is 0.813. The Balaban J connectivity index is 1.78. The van der Waals surface area contributed by atoms with Gasteiger partial charge in [0.05, 0.1) is 11.7 Å². The van der Waals surface area contributed by atoms with Crippen molar-refractivity contribution in [3.8, 4) is 0 Å². The summed E-state index contributed by atoms with van der Waals surface area (Å²) < 4.78 is 0. The Hall–Kier alpha value is -1.02. The van der Waals surface area contributed by atoms with Gasteiger partial charge in [0.2, 0.25) is 0 Å². The second-order valence-electron chi connectivity index (χ2n) is 7.08. The minimum atomic E-state index is 0.424. The van der Waals surface area contributed by atoms with E-state index in [0.717, 1.165) is 5.92 Å². The molecule has 1 heterocycles. The Labute approximate surface area is 109 Å². The number of nitrogens with zero attached hydrogens (tertiary/aromatic N) is 1. The molecule has 2 bridgehead atoms. The lowest BCUT2D eigenvalue weighted by molar-refractivity contribution is 0.142. The molecule has 1 aliphatic heterocycles. The van der Waals surface area contributed by atoms with Gasteiger partial charge >= 0.3 is 0 Å². The summed E-state index contributed by atoms with van der Waals surface area (Å²) in [6.45, 7) is 7.47. The smallest absolute Gasteiger partial charge is 0.0532 e. The maximum atomic E-state index is 3.79. The summed E-state index contributed by atoms with van der Waals surface area (Å²) in [7, 11) is 0. The molecule has 0 radical (unpaired) electrons. The molecule has 4 unspecified atom stereocenters. The molecular weight excluding hydrogens is 220 g/mol. The van der Waals surface area contributed by atoms with Crippen LogP contribution < -0.4 is 10.4 Å². The largest absolute Gasteiger partial charge is 0.304 e. The van der Waals surface area contributed by atoms with Crippen molar-refractivity contribution in [2.24, 2.45) is 16.7 Å². The number of benzene rings is 1. The second-order valence-corrected chi connectivity index (χ2v) is 7.08. The third kappa shape index (κ3) is 1.00. The minimum absolute atomic E-state index is 0.424. The number of fused-ring (bicyclic) bond motifs is 1. The summed E-state index contributed by atoms with van der Waals surface area (Å²) in [5.41, 5.74) is 6.01. The topological polar surface area (TPSA) is 15.3 Å². The lowest BCUT2D eigenvalue weighted by Gasteiger charge is -2.37. The third-order valence-electron chi connectivity index (χ3n) is 6.49. The molecule has 0 amide bonds. The number of rotatable bonds is 1. The molecule has 2 saturated carbocycles. The highest BCUT2D eigenvalue weighted by Crippen LogP contribution is 2.68. The molecule has 2 heteroatoms. The first-order valence-corrected chi connectivity index (χ1v) is 7.15. The summed E-state index contributed by atoms with van der Waals surface area (Å²) in [6.07, 6.45) is 2.70. The molecule has 4 rings (SSSR count). The predicted octanol–water partition coefficient (Wildman–Crippen LogP) is 3.20. The Morgan fingerprint density at radius 2 is 1.83 bits per heavy atom. The van der Waals surface area contributed by atoms with Gasteiger partial charge in [-0.3, -0.25) is 0 Å². The number of anilines is 1. The van der Waals surface area contributed by atoms with Crippen LogP contribution in [0, 0.1) is 16.7 Å². The Kier molecular flexibility index (Phi) is 1.87. The molecule has 1 saturated heterocycles. The molecule has 3 aliphatic rings. The normalized spacial score (nSPS) is 43.7. The van der Waals surface area contributed by atoms with Crippen molar-refractivity contribution < 1.29 is 0 Å². The van der Waals surface area contributed by atoms with Crippen molar-refractivity contribution in [1.29, 1.82) is 0 Å². The van der Waals surface area contributed by atoms with Gasteiger partial charge in [-0.2, -0.15) is 0 Å². The molecule has 0 aromatic heterocycles. The average Bonchev–Trinajstić information content (AvgIpc) is 2.75. The summed E-state index contributed by atoms with van der Waals surface area (Å²) in [6, 6.07) is 12.1. The van der Waals surface area contributed by atoms with Crippen molar-refractivity contribution in [2.45, 2.75) is 45.7 Å². The van der Waals surface area contributed by atoms with Crippen LogP contribution in [0.1, 0.15) is 33.6 Å². The number of nitrogens with one attached hydrogen (secondary N) is 1. The maximum Gasteiger partial charge on any atom is 0.0532 e. The summed E-state index contributed by atoms with van der Waals surface area (Å²) in [4.78, 5) is 0. The zero-order valence-electron chi connectivity index (χ0n) is 11.5. The zero-order chi connectivity index (χ0) is 12.5. The van der Waals surface area contributed by atoms with Gasteiger partial charge in [-0.1, -0.05) is 39.0 Å². The minimum Gasteiger partial charge on any atom is -0.304 e. The highest BCUT2D eigenvalue weighted by atomic mass is 15.6. The van der Waals surface area contributed by atoms with Gasteiger partial charge in [0.1, 0.15) is 0 Å². The van der Waals surface area contributed by atoms with E-state index in [0.29, 0.717) is 22.9 Å². The van der Waals surface area contributed by atoms with Crippen molar-refractivity contribution in [2.75, 3.05) is 5.01 Å². The van der Waals surface area contributed by atoms with E-state index in [9.17, 15) is 0 Å². The lowest BCUT2D eigenvalue weighted by Crippen LogP contribution is -2.41. The van der Waals surface area contributed by atoms with Gasteiger partial charge in [-0.15, -0.1) is 0 Å². The summed E-state index contributed by atoms with van der Waals surface area (Å²) in [5, 5.41) is 2.46. The third-order valence-corrected chi connectivity index (χ3v) is 6.49. The van der Waals surface area contributed by atoms with Crippen molar-refractivity contribution in [3.63, 3.8) is 0 Å². The first-order chi connectivity index (χ1) is 8.55. The van der Waals surface area contributed by atoms with E-state index in [4.69, 9.17) is 0 Å². The number of hydrogen-bond donors (Lipinski definition) is 1. The Bertz CT molecular complexity index is 481.